The van der Waals surface area contributed by atoms with E-state index in [-0.39, 0.29) is 17.5 Å². The van der Waals surface area contributed by atoms with Crippen LogP contribution in [-0.2, 0) is 6.42 Å². The van der Waals surface area contributed by atoms with E-state index >= 15 is 0 Å². The van der Waals surface area contributed by atoms with E-state index in [2.05, 4.69) is 15.2 Å². The zero-order valence-corrected chi connectivity index (χ0v) is 13.1. The Balaban J connectivity index is 1.87. The highest BCUT2D eigenvalue weighted by atomic mass is 32.1. The van der Waals surface area contributed by atoms with Crippen molar-refractivity contribution in [1.29, 1.82) is 0 Å². The summed E-state index contributed by atoms with van der Waals surface area (Å²) in [6, 6.07) is 5.37. The number of rotatable bonds is 5. The SMILES string of the molecule is O=C(CO)c1cc(F)c(Cc2nnc(-c3ccncc3)s2)c(F)c1. The van der Waals surface area contributed by atoms with Crippen LogP contribution in [0.25, 0.3) is 10.6 Å². The first-order valence-corrected chi connectivity index (χ1v) is 7.75. The van der Waals surface area contributed by atoms with Gasteiger partial charge in [0.05, 0.1) is 0 Å². The number of benzene rings is 1. The molecule has 0 aliphatic rings. The summed E-state index contributed by atoms with van der Waals surface area (Å²) >= 11 is 1.22. The van der Waals surface area contributed by atoms with Crippen molar-refractivity contribution in [2.75, 3.05) is 6.61 Å². The number of ketones is 1. The number of Topliss-reactive ketones (excluding diaryl/α,β-unsaturated/α-hetero) is 1. The Bertz CT molecular complexity index is 861. The average Bonchev–Trinajstić information content (AvgIpc) is 3.06. The third kappa shape index (κ3) is 3.34. The van der Waals surface area contributed by atoms with Crippen molar-refractivity contribution < 1.29 is 18.7 Å². The van der Waals surface area contributed by atoms with E-state index in [1.54, 1.807) is 24.5 Å². The highest BCUT2D eigenvalue weighted by Gasteiger charge is 2.17. The van der Waals surface area contributed by atoms with Gasteiger partial charge in [-0.25, -0.2) is 8.78 Å². The van der Waals surface area contributed by atoms with Gasteiger partial charge in [-0.2, -0.15) is 0 Å². The number of carbonyl (C=O) groups excluding carboxylic acids is 1. The molecule has 2 aromatic heterocycles. The summed E-state index contributed by atoms with van der Waals surface area (Å²) in [5.41, 5.74) is 0.423. The number of halogens is 2. The van der Waals surface area contributed by atoms with Crippen LogP contribution in [0.3, 0.4) is 0 Å². The van der Waals surface area contributed by atoms with Crippen LogP contribution in [0, 0.1) is 11.6 Å². The maximum atomic E-state index is 14.1. The molecule has 3 aromatic rings. The van der Waals surface area contributed by atoms with Crippen molar-refractivity contribution in [3.8, 4) is 10.6 Å². The van der Waals surface area contributed by atoms with Gasteiger partial charge in [-0.1, -0.05) is 11.3 Å². The summed E-state index contributed by atoms with van der Waals surface area (Å²) < 4.78 is 28.2. The number of pyridine rings is 1. The molecule has 0 spiro atoms. The number of aromatic nitrogens is 3. The molecule has 0 bridgehead atoms. The summed E-state index contributed by atoms with van der Waals surface area (Å²) in [4.78, 5) is 15.2. The van der Waals surface area contributed by atoms with Gasteiger partial charge in [0.2, 0.25) is 0 Å². The van der Waals surface area contributed by atoms with Crippen LogP contribution >= 0.6 is 11.3 Å². The number of hydrogen-bond acceptors (Lipinski definition) is 6. The predicted molar refractivity (Wildman–Crippen MR) is 83.7 cm³/mol. The normalized spacial score (nSPS) is 10.8. The monoisotopic (exact) mass is 347 g/mol. The Kier molecular flexibility index (Phi) is 4.68. The quantitative estimate of drug-likeness (QED) is 0.718. The maximum Gasteiger partial charge on any atom is 0.188 e. The largest absolute Gasteiger partial charge is 0.388 e. The van der Waals surface area contributed by atoms with Crippen LogP contribution in [0.4, 0.5) is 8.78 Å². The van der Waals surface area contributed by atoms with E-state index in [9.17, 15) is 13.6 Å². The van der Waals surface area contributed by atoms with E-state index < -0.39 is 24.0 Å². The lowest BCUT2D eigenvalue weighted by atomic mass is 10.1. The lowest BCUT2D eigenvalue weighted by Crippen LogP contribution is -2.08. The third-order valence-electron chi connectivity index (χ3n) is 3.33. The molecule has 0 saturated carbocycles. The maximum absolute atomic E-state index is 14.1. The van der Waals surface area contributed by atoms with Crippen molar-refractivity contribution in [2.24, 2.45) is 0 Å². The molecule has 24 heavy (non-hydrogen) atoms. The number of carbonyl (C=O) groups is 1. The molecular formula is C16H11F2N3O2S. The number of hydrogen-bond donors (Lipinski definition) is 1. The highest BCUT2D eigenvalue weighted by Crippen LogP contribution is 2.26. The van der Waals surface area contributed by atoms with Gasteiger partial charge in [0.15, 0.2) is 5.78 Å². The topological polar surface area (TPSA) is 76.0 Å². The minimum absolute atomic E-state index is 0.0754. The van der Waals surface area contributed by atoms with Crippen molar-refractivity contribution in [2.45, 2.75) is 6.42 Å². The molecule has 5 nitrogen and oxygen atoms in total. The van der Waals surface area contributed by atoms with Crippen molar-refractivity contribution in [1.82, 2.24) is 15.2 Å². The fourth-order valence-electron chi connectivity index (χ4n) is 2.11. The Hall–Kier alpha value is -2.58. The first-order chi connectivity index (χ1) is 11.6. The molecule has 1 aromatic carbocycles. The van der Waals surface area contributed by atoms with Crippen molar-refractivity contribution in [3.63, 3.8) is 0 Å². The van der Waals surface area contributed by atoms with Crippen molar-refractivity contribution in [3.05, 3.63) is 64.4 Å². The zero-order chi connectivity index (χ0) is 17.1. The molecular weight excluding hydrogens is 336 g/mol. The molecule has 3 rings (SSSR count). The van der Waals surface area contributed by atoms with Crippen LogP contribution in [0.5, 0.6) is 0 Å². The van der Waals surface area contributed by atoms with E-state index in [1.165, 1.54) is 11.3 Å². The Morgan fingerprint density at radius 1 is 1.12 bits per heavy atom. The summed E-state index contributed by atoms with van der Waals surface area (Å²) in [6.07, 6.45) is 3.16. The minimum atomic E-state index is -0.854. The second-order valence-corrected chi connectivity index (χ2v) is 5.98. The van der Waals surface area contributed by atoms with Gasteiger partial charge in [-0.05, 0) is 24.3 Å². The smallest absolute Gasteiger partial charge is 0.188 e. The van der Waals surface area contributed by atoms with Gasteiger partial charge in [-0.15, -0.1) is 10.2 Å². The fraction of sp³-hybridized carbons (Fsp3) is 0.125. The van der Waals surface area contributed by atoms with Gasteiger partial charge in [0.1, 0.15) is 28.3 Å². The molecule has 0 aliphatic heterocycles. The van der Waals surface area contributed by atoms with Crippen LogP contribution in [-0.4, -0.2) is 32.7 Å². The second-order valence-electron chi connectivity index (χ2n) is 4.91. The first kappa shape index (κ1) is 16.3. The van der Waals surface area contributed by atoms with Crippen LogP contribution in [0.1, 0.15) is 20.9 Å². The standard InChI is InChI=1S/C16H11F2N3O2S/c17-12-5-10(14(23)8-22)6-13(18)11(12)7-15-20-21-16(24-15)9-1-3-19-4-2-9/h1-6,22H,7-8H2. The zero-order valence-electron chi connectivity index (χ0n) is 12.2. The van der Waals surface area contributed by atoms with E-state index in [0.29, 0.717) is 10.0 Å². The third-order valence-corrected chi connectivity index (χ3v) is 4.30. The summed E-state index contributed by atoms with van der Waals surface area (Å²) in [6.45, 7) is -0.802. The molecule has 0 unspecified atom stereocenters. The second kappa shape index (κ2) is 6.90. The van der Waals surface area contributed by atoms with E-state index in [4.69, 9.17) is 5.11 Å². The molecule has 0 aliphatic carbocycles. The first-order valence-electron chi connectivity index (χ1n) is 6.93. The molecule has 0 amide bonds. The Morgan fingerprint density at radius 3 is 2.42 bits per heavy atom. The van der Waals surface area contributed by atoms with Crippen LogP contribution < -0.4 is 0 Å². The molecule has 0 radical (unpaired) electrons. The van der Waals surface area contributed by atoms with E-state index in [1.807, 2.05) is 0 Å². The Morgan fingerprint density at radius 2 is 1.79 bits per heavy atom. The highest BCUT2D eigenvalue weighted by molar-refractivity contribution is 7.14. The number of aliphatic hydroxyl groups is 1. The fourth-order valence-corrected chi connectivity index (χ4v) is 2.97. The molecule has 0 fully saturated rings. The lowest BCUT2D eigenvalue weighted by molar-refractivity contribution is 0.0903. The summed E-state index contributed by atoms with van der Waals surface area (Å²) in [7, 11) is 0. The Labute approximate surface area is 139 Å². The van der Waals surface area contributed by atoms with Gasteiger partial charge in [0, 0.05) is 35.5 Å². The molecule has 2 heterocycles. The van der Waals surface area contributed by atoms with E-state index in [0.717, 1.165) is 17.7 Å². The van der Waals surface area contributed by atoms with Gasteiger partial charge in [0.25, 0.3) is 0 Å². The number of nitrogens with zero attached hydrogens (tertiary/aromatic N) is 3. The average molecular weight is 347 g/mol. The molecule has 8 heteroatoms. The van der Waals surface area contributed by atoms with Crippen LogP contribution in [0.15, 0.2) is 36.7 Å². The molecule has 1 N–H and O–H groups in total. The number of aliphatic hydroxyl groups excluding tert-OH is 1. The predicted octanol–water partition coefficient (Wildman–Crippen LogP) is 2.64. The lowest BCUT2D eigenvalue weighted by Gasteiger charge is -2.05. The van der Waals surface area contributed by atoms with Gasteiger partial charge < -0.3 is 5.11 Å². The molecule has 122 valence electrons. The van der Waals surface area contributed by atoms with Gasteiger partial charge in [-0.3, -0.25) is 9.78 Å². The minimum Gasteiger partial charge on any atom is -0.388 e. The molecule has 0 saturated heterocycles. The van der Waals surface area contributed by atoms with Gasteiger partial charge >= 0.3 is 0 Å². The summed E-state index contributed by atoms with van der Waals surface area (Å²) in [5.74, 6) is -2.45. The molecule has 0 atom stereocenters. The summed E-state index contributed by atoms with van der Waals surface area (Å²) in [5, 5.41) is 17.8. The van der Waals surface area contributed by atoms with Crippen molar-refractivity contribution >= 4 is 17.1 Å². The van der Waals surface area contributed by atoms with Crippen LogP contribution in [0.2, 0.25) is 0 Å².